The summed E-state index contributed by atoms with van der Waals surface area (Å²) in [6.07, 6.45) is 4.58. The van der Waals surface area contributed by atoms with Gasteiger partial charge in [0.25, 0.3) is 0 Å². The Bertz CT molecular complexity index is 1030. The molecule has 0 unspecified atom stereocenters. The van der Waals surface area contributed by atoms with E-state index in [0.29, 0.717) is 11.8 Å². The van der Waals surface area contributed by atoms with Crippen LogP contribution >= 0.6 is 0 Å². The topological polar surface area (TPSA) is 0 Å². The van der Waals surface area contributed by atoms with Crippen LogP contribution in [-0.4, -0.2) is 0 Å². The molecule has 2 aliphatic carbocycles. The molecule has 6 rings (SSSR count). The standard InChI is InChI=1S/2C16H16.C2H6/c2*1-2-14-15-9-5-3-7-12(15)11-13-8-4-6-10-16(13)14;1-2/h2*3-10,14H,2,11H2,1H3;1-2H3. The minimum Gasteiger partial charge on any atom is -0.0683 e. The summed E-state index contributed by atoms with van der Waals surface area (Å²) in [6.45, 7) is 8.56. The van der Waals surface area contributed by atoms with Crippen molar-refractivity contribution < 1.29 is 0 Å². The highest BCUT2D eigenvalue weighted by molar-refractivity contribution is 5.50. The van der Waals surface area contributed by atoms with E-state index in [0.717, 1.165) is 12.8 Å². The number of hydrogen-bond acceptors (Lipinski definition) is 0. The zero-order valence-electron chi connectivity index (χ0n) is 21.2. The van der Waals surface area contributed by atoms with Gasteiger partial charge in [-0.25, -0.2) is 0 Å². The third-order valence-electron chi connectivity index (χ3n) is 7.30. The van der Waals surface area contributed by atoms with E-state index in [1.807, 2.05) is 13.8 Å². The van der Waals surface area contributed by atoms with Gasteiger partial charge in [0.1, 0.15) is 0 Å². The van der Waals surface area contributed by atoms with E-state index in [9.17, 15) is 0 Å². The molecule has 0 bridgehead atoms. The quantitative estimate of drug-likeness (QED) is 0.288. The van der Waals surface area contributed by atoms with Crippen molar-refractivity contribution in [2.45, 2.75) is 65.2 Å². The minimum absolute atomic E-state index is 0.598. The highest BCUT2D eigenvalue weighted by Gasteiger charge is 2.24. The van der Waals surface area contributed by atoms with E-state index < -0.39 is 0 Å². The van der Waals surface area contributed by atoms with Crippen molar-refractivity contribution in [3.63, 3.8) is 0 Å². The lowest BCUT2D eigenvalue weighted by Crippen LogP contribution is -2.12. The van der Waals surface area contributed by atoms with Crippen LogP contribution in [-0.2, 0) is 12.8 Å². The molecule has 4 aromatic carbocycles. The lowest BCUT2D eigenvalue weighted by molar-refractivity contribution is 0.738. The van der Waals surface area contributed by atoms with Gasteiger partial charge in [-0.3, -0.25) is 0 Å². The molecule has 0 aliphatic heterocycles. The Hall–Kier alpha value is -3.12. The predicted octanol–water partition coefficient (Wildman–Crippen LogP) is 9.29. The van der Waals surface area contributed by atoms with Crippen molar-refractivity contribution in [1.29, 1.82) is 0 Å². The zero-order chi connectivity index (χ0) is 23.9. The Balaban J connectivity index is 0.000000150. The van der Waals surface area contributed by atoms with Gasteiger partial charge in [0.15, 0.2) is 0 Å². The van der Waals surface area contributed by atoms with Gasteiger partial charge in [0, 0.05) is 11.8 Å². The van der Waals surface area contributed by atoms with Crippen LogP contribution in [0.25, 0.3) is 0 Å². The molecule has 0 heterocycles. The van der Waals surface area contributed by atoms with Gasteiger partial charge in [0.2, 0.25) is 0 Å². The van der Waals surface area contributed by atoms with Crippen molar-refractivity contribution in [3.8, 4) is 0 Å². The Labute approximate surface area is 206 Å². The van der Waals surface area contributed by atoms with E-state index in [-0.39, 0.29) is 0 Å². The molecule has 0 nitrogen and oxygen atoms in total. The zero-order valence-corrected chi connectivity index (χ0v) is 21.2. The molecule has 0 spiro atoms. The van der Waals surface area contributed by atoms with Gasteiger partial charge in [-0.05, 0) is 70.2 Å². The predicted molar refractivity (Wildman–Crippen MR) is 147 cm³/mol. The summed E-state index contributed by atoms with van der Waals surface area (Å²) in [5.74, 6) is 1.20. The fourth-order valence-corrected chi connectivity index (χ4v) is 5.77. The van der Waals surface area contributed by atoms with Crippen molar-refractivity contribution in [3.05, 3.63) is 142 Å². The normalized spacial score (nSPS) is 13.6. The van der Waals surface area contributed by atoms with E-state index in [2.05, 4.69) is 111 Å². The molecule has 0 atom stereocenters. The first kappa shape index (κ1) is 24.0. The van der Waals surface area contributed by atoms with Gasteiger partial charge in [0.05, 0.1) is 0 Å². The molecule has 0 N–H and O–H groups in total. The fraction of sp³-hybridized carbons (Fsp3) is 0.294. The third-order valence-corrected chi connectivity index (χ3v) is 7.30. The first-order valence-corrected chi connectivity index (χ1v) is 13.1. The monoisotopic (exact) mass is 446 g/mol. The summed E-state index contributed by atoms with van der Waals surface area (Å²) in [6, 6.07) is 35.5. The van der Waals surface area contributed by atoms with Gasteiger partial charge >= 0.3 is 0 Å². The molecule has 2 aliphatic rings. The average molecular weight is 447 g/mol. The number of fused-ring (bicyclic) bond motifs is 4. The first-order chi connectivity index (χ1) is 16.8. The molecule has 0 saturated carbocycles. The summed E-state index contributed by atoms with van der Waals surface area (Å²) < 4.78 is 0. The van der Waals surface area contributed by atoms with Gasteiger partial charge in [-0.2, -0.15) is 0 Å². The van der Waals surface area contributed by atoms with Gasteiger partial charge < -0.3 is 0 Å². The van der Waals surface area contributed by atoms with Crippen LogP contribution < -0.4 is 0 Å². The summed E-state index contributed by atoms with van der Waals surface area (Å²) in [7, 11) is 0. The molecule has 0 radical (unpaired) electrons. The highest BCUT2D eigenvalue weighted by atomic mass is 14.3. The van der Waals surface area contributed by atoms with Crippen molar-refractivity contribution >= 4 is 0 Å². The maximum Gasteiger partial charge on any atom is 0.00924 e. The number of rotatable bonds is 2. The van der Waals surface area contributed by atoms with E-state index in [1.165, 1.54) is 57.3 Å². The van der Waals surface area contributed by atoms with Crippen molar-refractivity contribution in [2.24, 2.45) is 0 Å². The molecule has 0 aromatic heterocycles. The van der Waals surface area contributed by atoms with Crippen LogP contribution in [0.15, 0.2) is 97.1 Å². The molecular formula is C34H38. The van der Waals surface area contributed by atoms with Crippen LogP contribution in [0.2, 0.25) is 0 Å². The van der Waals surface area contributed by atoms with Crippen molar-refractivity contribution in [1.82, 2.24) is 0 Å². The maximum absolute atomic E-state index is 2.29. The van der Waals surface area contributed by atoms with E-state index >= 15 is 0 Å². The Morgan fingerprint density at radius 3 is 0.912 bits per heavy atom. The van der Waals surface area contributed by atoms with Gasteiger partial charge in [-0.1, -0.05) is 125 Å². The van der Waals surface area contributed by atoms with E-state index in [1.54, 1.807) is 0 Å². The summed E-state index contributed by atoms with van der Waals surface area (Å²) in [5, 5.41) is 0. The van der Waals surface area contributed by atoms with Crippen molar-refractivity contribution in [2.75, 3.05) is 0 Å². The molecule has 4 aromatic rings. The summed E-state index contributed by atoms with van der Waals surface area (Å²) in [4.78, 5) is 0. The summed E-state index contributed by atoms with van der Waals surface area (Å²) in [5.41, 5.74) is 12.2. The lowest BCUT2D eigenvalue weighted by atomic mass is 9.77. The first-order valence-electron chi connectivity index (χ1n) is 13.1. The SMILES string of the molecule is CC.CCC1c2ccccc2Cc2ccccc21.CCC1c2ccccc2Cc2ccccc21. The van der Waals surface area contributed by atoms with Gasteiger partial charge in [-0.15, -0.1) is 0 Å². The largest absolute Gasteiger partial charge is 0.0683 e. The molecule has 0 saturated heterocycles. The fourth-order valence-electron chi connectivity index (χ4n) is 5.77. The Kier molecular flexibility index (Phi) is 8.01. The second-order valence-electron chi connectivity index (χ2n) is 9.07. The second-order valence-corrected chi connectivity index (χ2v) is 9.07. The molecule has 0 fully saturated rings. The molecule has 0 amide bonds. The number of benzene rings is 4. The maximum atomic E-state index is 2.29. The van der Waals surface area contributed by atoms with Crippen LogP contribution in [0.3, 0.4) is 0 Å². The Morgan fingerprint density at radius 1 is 0.441 bits per heavy atom. The number of hydrogen-bond donors (Lipinski definition) is 0. The molecular weight excluding hydrogens is 408 g/mol. The average Bonchev–Trinajstić information content (AvgIpc) is 2.91. The molecule has 34 heavy (non-hydrogen) atoms. The van der Waals surface area contributed by atoms with E-state index in [4.69, 9.17) is 0 Å². The Morgan fingerprint density at radius 2 is 0.676 bits per heavy atom. The highest BCUT2D eigenvalue weighted by Crippen LogP contribution is 2.39. The van der Waals surface area contributed by atoms with Crippen LogP contribution in [0, 0.1) is 0 Å². The van der Waals surface area contributed by atoms with Crippen LogP contribution in [0.4, 0.5) is 0 Å². The van der Waals surface area contributed by atoms with Crippen LogP contribution in [0.1, 0.15) is 96.9 Å². The molecule has 0 heteroatoms. The van der Waals surface area contributed by atoms with Crippen LogP contribution in [0.5, 0.6) is 0 Å². The lowest BCUT2D eigenvalue weighted by Gasteiger charge is -2.27. The third kappa shape index (κ3) is 4.73. The minimum atomic E-state index is 0.598. The second kappa shape index (κ2) is 11.3. The smallest absolute Gasteiger partial charge is 0.00924 e. The molecule has 174 valence electrons. The summed E-state index contributed by atoms with van der Waals surface area (Å²) >= 11 is 0.